The minimum Gasteiger partial charge on any atom is -0.451 e. The van der Waals surface area contributed by atoms with E-state index in [0.717, 1.165) is 4.90 Å². The van der Waals surface area contributed by atoms with Crippen molar-refractivity contribution in [3.05, 3.63) is 29.8 Å². The molecule has 1 aliphatic heterocycles. The van der Waals surface area contributed by atoms with E-state index in [9.17, 15) is 19.2 Å². The highest BCUT2D eigenvalue weighted by atomic mass is 16.5. The van der Waals surface area contributed by atoms with Crippen LogP contribution in [0.4, 0.5) is 10.5 Å². The predicted molar refractivity (Wildman–Crippen MR) is 85.1 cm³/mol. The molecule has 1 aliphatic rings. The molecule has 2 rings (SSSR count). The van der Waals surface area contributed by atoms with Crippen LogP contribution < -0.4 is 5.32 Å². The first-order chi connectivity index (χ1) is 11.8. The lowest BCUT2D eigenvalue weighted by Gasteiger charge is -2.16. The molecule has 9 heteroatoms. The van der Waals surface area contributed by atoms with Gasteiger partial charge in [-0.3, -0.25) is 19.3 Å². The van der Waals surface area contributed by atoms with E-state index in [1.54, 1.807) is 18.2 Å². The van der Waals surface area contributed by atoms with Gasteiger partial charge in [0, 0.05) is 12.7 Å². The maximum absolute atomic E-state index is 12.0. The van der Waals surface area contributed by atoms with E-state index in [1.807, 2.05) is 6.07 Å². The van der Waals surface area contributed by atoms with Crippen molar-refractivity contribution in [3.63, 3.8) is 0 Å². The molecule has 0 aliphatic carbocycles. The molecule has 0 unspecified atom stereocenters. The summed E-state index contributed by atoms with van der Waals surface area (Å²) in [4.78, 5) is 49.1. The molecule has 0 bridgehead atoms. The second kappa shape index (κ2) is 7.44. The molecule has 1 aromatic rings. The summed E-state index contributed by atoms with van der Waals surface area (Å²) >= 11 is 0. The molecule has 1 fully saturated rings. The van der Waals surface area contributed by atoms with Gasteiger partial charge in [0.05, 0.1) is 11.6 Å². The Morgan fingerprint density at radius 3 is 2.72 bits per heavy atom. The van der Waals surface area contributed by atoms with E-state index >= 15 is 0 Å². The molecular weight excluding hydrogens is 328 g/mol. The topological polar surface area (TPSA) is 120 Å². The fourth-order valence-corrected chi connectivity index (χ4v) is 2.15. The van der Waals surface area contributed by atoms with E-state index in [2.05, 4.69) is 5.32 Å². The lowest BCUT2D eigenvalue weighted by Crippen LogP contribution is -2.39. The van der Waals surface area contributed by atoms with Gasteiger partial charge in [-0.15, -0.1) is 0 Å². The molecular formula is C16H16N4O5. The molecule has 0 saturated carbocycles. The van der Waals surface area contributed by atoms with E-state index in [1.165, 1.54) is 24.9 Å². The zero-order valence-electron chi connectivity index (χ0n) is 13.7. The minimum atomic E-state index is -1.14. The number of carbonyl (C=O) groups is 4. The van der Waals surface area contributed by atoms with Crippen LogP contribution in [-0.2, 0) is 19.1 Å². The third-order valence-corrected chi connectivity index (χ3v) is 3.45. The Morgan fingerprint density at radius 2 is 2.12 bits per heavy atom. The number of anilines is 1. The van der Waals surface area contributed by atoms with Crippen LogP contribution in [0.25, 0.3) is 0 Å². The van der Waals surface area contributed by atoms with Gasteiger partial charge < -0.3 is 15.0 Å². The Morgan fingerprint density at radius 1 is 1.40 bits per heavy atom. The average Bonchev–Trinajstić information content (AvgIpc) is 2.81. The summed E-state index contributed by atoms with van der Waals surface area (Å²) in [5.41, 5.74) is 0.760. The number of ether oxygens (including phenoxy) is 1. The third kappa shape index (κ3) is 4.32. The summed E-state index contributed by atoms with van der Waals surface area (Å²) < 4.78 is 4.95. The Balaban J connectivity index is 1.90. The number of imide groups is 1. The number of benzene rings is 1. The zero-order valence-corrected chi connectivity index (χ0v) is 13.7. The van der Waals surface area contributed by atoms with Crippen LogP contribution in [0, 0.1) is 11.3 Å². The molecule has 1 atom stereocenters. The first-order valence-electron chi connectivity index (χ1n) is 7.37. The Bertz CT molecular complexity index is 770. The largest absolute Gasteiger partial charge is 0.451 e. The van der Waals surface area contributed by atoms with Crippen molar-refractivity contribution in [1.29, 1.82) is 5.26 Å². The summed E-state index contributed by atoms with van der Waals surface area (Å²) in [5, 5.41) is 11.3. The molecule has 9 nitrogen and oxygen atoms in total. The van der Waals surface area contributed by atoms with E-state index < -0.39 is 36.5 Å². The number of hydrogen-bond donors (Lipinski definition) is 1. The number of hydrogen-bond acceptors (Lipinski definition) is 6. The quantitative estimate of drug-likeness (QED) is 0.607. The van der Waals surface area contributed by atoms with E-state index in [-0.39, 0.29) is 6.54 Å². The SMILES string of the molecule is C[C@@H](OC(=O)CN1C(=O)CN(C)C1=O)C(=O)Nc1cccc(C#N)c1. The molecule has 1 saturated heterocycles. The first-order valence-corrected chi connectivity index (χ1v) is 7.37. The molecule has 25 heavy (non-hydrogen) atoms. The van der Waals surface area contributed by atoms with Crippen LogP contribution in [0.2, 0.25) is 0 Å². The molecule has 0 aromatic heterocycles. The van der Waals surface area contributed by atoms with Crippen molar-refractivity contribution >= 4 is 29.5 Å². The average molecular weight is 344 g/mol. The number of carbonyl (C=O) groups excluding carboxylic acids is 4. The van der Waals surface area contributed by atoms with Crippen molar-refractivity contribution in [2.75, 3.05) is 25.5 Å². The van der Waals surface area contributed by atoms with Gasteiger partial charge >= 0.3 is 12.0 Å². The van der Waals surface area contributed by atoms with Crippen LogP contribution in [0.15, 0.2) is 24.3 Å². The van der Waals surface area contributed by atoms with Gasteiger partial charge in [0.15, 0.2) is 6.10 Å². The fourth-order valence-electron chi connectivity index (χ4n) is 2.15. The van der Waals surface area contributed by atoms with Gasteiger partial charge in [0.2, 0.25) is 0 Å². The van der Waals surface area contributed by atoms with E-state index in [0.29, 0.717) is 11.3 Å². The van der Waals surface area contributed by atoms with Crippen molar-refractivity contribution in [3.8, 4) is 6.07 Å². The summed E-state index contributed by atoms with van der Waals surface area (Å²) in [7, 11) is 1.44. The molecule has 0 radical (unpaired) electrons. The second-order valence-corrected chi connectivity index (χ2v) is 5.43. The normalized spacial score (nSPS) is 14.9. The smallest absolute Gasteiger partial charge is 0.327 e. The number of amides is 4. The lowest BCUT2D eigenvalue weighted by atomic mass is 10.2. The maximum Gasteiger partial charge on any atom is 0.327 e. The second-order valence-electron chi connectivity index (χ2n) is 5.43. The van der Waals surface area contributed by atoms with Crippen molar-refractivity contribution in [1.82, 2.24) is 9.80 Å². The molecule has 1 N–H and O–H groups in total. The van der Waals surface area contributed by atoms with Crippen LogP contribution in [0.3, 0.4) is 0 Å². The number of nitriles is 1. The number of esters is 1. The van der Waals surface area contributed by atoms with Crippen molar-refractivity contribution in [2.24, 2.45) is 0 Å². The molecule has 130 valence electrons. The van der Waals surface area contributed by atoms with Crippen LogP contribution in [0.1, 0.15) is 12.5 Å². The Hall–Kier alpha value is -3.41. The number of nitrogens with zero attached hydrogens (tertiary/aromatic N) is 3. The standard InChI is InChI=1S/C16H16N4O5/c1-10(15(23)18-12-5-3-4-11(6-12)7-17)25-14(22)9-20-13(21)8-19(2)16(20)24/h3-6,10H,8-9H2,1-2H3,(H,18,23)/t10-/m1/s1. The number of likely N-dealkylation sites (N-methyl/N-ethyl adjacent to an activating group) is 1. The molecule has 1 heterocycles. The number of rotatable bonds is 5. The lowest BCUT2D eigenvalue weighted by molar-refractivity contribution is -0.154. The maximum atomic E-state index is 12.0. The van der Waals surface area contributed by atoms with Gasteiger partial charge in [0.1, 0.15) is 13.1 Å². The van der Waals surface area contributed by atoms with Crippen LogP contribution in [0.5, 0.6) is 0 Å². The highest BCUT2D eigenvalue weighted by Crippen LogP contribution is 2.11. The van der Waals surface area contributed by atoms with E-state index in [4.69, 9.17) is 10.00 Å². The predicted octanol–water partition coefficient (Wildman–Crippen LogP) is 0.322. The monoisotopic (exact) mass is 344 g/mol. The Kier molecular flexibility index (Phi) is 5.34. The van der Waals surface area contributed by atoms with Gasteiger partial charge in [-0.1, -0.05) is 6.07 Å². The van der Waals surface area contributed by atoms with Gasteiger partial charge in [-0.05, 0) is 25.1 Å². The van der Waals surface area contributed by atoms with Crippen LogP contribution >= 0.6 is 0 Å². The first kappa shape index (κ1) is 17.9. The fraction of sp³-hybridized carbons (Fsp3) is 0.312. The highest BCUT2D eigenvalue weighted by Gasteiger charge is 2.35. The summed E-state index contributed by atoms with van der Waals surface area (Å²) in [6.07, 6.45) is -1.14. The van der Waals surface area contributed by atoms with Gasteiger partial charge in [-0.25, -0.2) is 4.79 Å². The molecule has 1 aromatic carbocycles. The van der Waals surface area contributed by atoms with Gasteiger partial charge in [0.25, 0.3) is 11.8 Å². The van der Waals surface area contributed by atoms with Crippen LogP contribution in [-0.4, -0.2) is 59.9 Å². The Labute approximate surface area is 143 Å². The summed E-state index contributed by atoms with van der Waals surface area (Å²) in [5.74, 6) is -1.97. The highest BCUT2D eigenvalue weighted by molar-refractivity contribution is 6.04. The number of nitrogens with one attached hydrogen (secondary N) is 1. The minimum absolute atomic E-state index is 0.0998. The summed E-state index contributed by atoms with van der Waals surface area (Å²) in [6.45, 7) is 0.710. The molecule has 4 amide bonds. The molecule has 0 spiro atoms. The summed E-state index contributed by atoms with van der Waals surface area (Å²) in [6, 6.07) is 7.60. The zero-order chi connectivity index (χ0) is 18.6. The van der Waals surface area contributed by atoms with Gasteiger partial charge in [-0.2, -0.15) is 5.26 Å². The number of urea groups is 1. The van der Waals surface area contributed by atoms with Crippen molar-refractivity contribution in [2.45, 2.75) is 13.0 Å². The third-order valence-electron chi connectivity index (χ3n) is 3.45. The van der Waals surface area contributed by atoms with Crippen molar-refractivity contribution < 1.29 is 23.9 Å².